The summed E-state index contributed by atoms with van der Waals surface area (Å²) in [6.45, 7) is 1.24. The minimum atomic E-state index is -2.69. The first-order valence-corrected chi connectivity index (χ1v) is 4.69. The predicted molar refractivity (Wildman–Crippen MR) is 55.5 cm³/mol. The molecule has 0 aromatic heterocycles. The fraction of sp³-hybridized carbons (Fsp3) is 0.400. The largest absolute Gasteiger partial charge is 0.495 e. The second kappa shape index (κ2) is 4.33. The van der Waals surface area contributed by atoms with Gasteiger partial charge in [0.05, 0.1) is 12.1 Å². The summed E-state index contributed by atoms with van der Waals surface area (Å²) in [7, 11) is 1.37. The Morgan fingerprint density at radius 2 is 2.07 bits per heavy atom. The summed E-state index contributed by atoms with van der Waals surface area (Å²) >= 11 is 5.81. The Hall–Kier alpha value is -0.870. The van der Waals surface area contributed by atoms with Crippen molar-refractivity contribution in [3.63, 3.8) is 0 Å². The molecular weight excluding hydrogens is 224 g/mol. The van der Waals surface area contributed by atoms with Gasteiger partial charge in [-0.2, -0.15) is 0 Å². The Morgan fingerprint density at radius 1 is 1.47 bits per heavy atom. The Labute approximate surface area is 92.0 Å². The number of ether oxygens (including phenoxy) is 1. The van der Waals surface area contributed by atoms with E-state index in [0.717, 1.165) is 0 Å². The first kappa shape index (κ1) is 12.2. The van der Waals surface area contributed by atoms with E-state index in [2.05, 4.69) is 0 Å². The van der Waals surface area contributed by atoms with Crippen molar-refractivity contribution in [3.05, 3.63) is 28.8 Å². The molecule has 0 saturated heterocycles. The number of nitrogens with two attached hydrogens (primary N) is 1. The molecule has 2 nitrogen and oxygen atoms in total. The molecule has 0 aliphatic carbocycles. The quantitative estimate of drug-likeness (QED) is 0.875. The standard InChI is InChI=1S/C10H12ClF2NO/c1-10(14,9(12)13)6-4-3-5-7(11)8(6)15-2/h3-5,9H,14H2,1-2H3. The lowest BCUT2D eigenvalue weighted by Crippen LogP contribution is -2.40. The number of hydrogen-bond donors (Lipinski definition) is 1. The molecule has 2 N–H and O–H groups in total. The summed E-state index contributed by atoms with van der Waals surface area (Å²) < 4.78 is 30.4. The van der Waals surface area contributed by atoms with E-state index in [1.807, 2.05) is 0 Å². The molecule has 0 fully saturated rings. The fourth-order valence-corrected chi connectivity index (χ4v) is 1.51. The van der Waals surface area contributed by atoms with E-state index in [9.17, 15) is 8.78 Å². The zero-order valence-electron chi connectivity index (χ0n) is 8.43. The molecule has 0 radical (unpaired) electrons. The fourth-order valence-electron chi connectivity index (χ4n) is 1.26. The van der Waals surface area contributed by atoms with Crippen LogP contribution in [0.5, 0.6) is 5.75 Å². The van der Waals surface area contributed by atoms with Crippen LogP contribution in [0.4, 0.5) is 8.78 Å². The van der Waals surface area contributed by atoms with Crippen molar-refractivity contribution >= 4 is 11.6 Å². The molecule has 1 unspecified atom stereocenters. The van der Waals surface area contributed by atoms with Gasteiger partial charge < -0.3 is 10.5 Å². The van der Waals surface area contributed by atoms with Crippen LogP contribution in [0.25, 0.3) is 0 Å². The van der Waals surface area contributed by atoms with Gasteiger partial charge in [0.15, 0.2) is 0 Å². The molecule has 0 bridgehead atoms. The van der Waals surface area contributed by atoms with Gasteiger partial charge in [-0.15, -0.1) is 0 Å². The minimum Gasteiger partial charge on any atom is -0.495 e. The minimum absolute atomic E-state index is 0.199. The molecule has 1 rings (SSSR count). The molecule has 0 amide bonds. The predicted octanol–water partition coefficient (Wildman–Crippen LogP) is 2.79. The highest BCUT2D eigenvalue weighted by molar-refractivity contribution is 6.32. The molecule has 0 heterocycles. The number of para-hydroxylation sites is 1. The van der Waals surface area contributed by atoms with Crippen LogP contribution in [0.3, 0.4) is 0 Å². The number of rotatable bonds is 3. The maximum atomic E-state index is 12.7. The maximum Gasteiger partial charge on any atom is 0.260 e. The Balaban J connectivity index is 3.31. The topological polar surface area (TPSA) is 35.2 Å². The number of methoxy groups -OCH3 is 1. The molecule has 0 spiro atoms. The Morgan fingerprint density at radius 3 is 2.53 bits per heavy atom. The molecule has 0 aliphatic heterocycles. The summed E-state index contributed by atoms with van der Waals surface area (Å²) in [6, 6.07) is 4.61. The first-order valence-electron chi connectivity index (χ1n) is 4.31. The smallest absolute Gasteiger partial charge is 0.260 e. The van der Waals surface area contributed by atoms with Crippen molar-refractivity contribution in [1.29, 1.82) is 0 Å². The number of hydrogen-bond acceptors (Lipinski definition) is 2. The van der Waals surface area contributed by atoms with E-state index < -0.39 is 12.0 Å². The van der Waals surface area contributed by atoms with Gasteiger partial charge in [0, 0.05) is 5.56 Å². The summed E-state index contributed by atoms with van der Waals surface area (Å²) in [6.07, 6.45) is -2.69. The van der Waals surface area contributed by atoms with Gasteiger partial charge in [0.25, 0.3) is 6.43 Å². The highest BCUT2D eigenvalue weighted by Gasteiger charge is 2.35. The van der Waals surface area contributed by atoms with Crippen molar-refractivity contribution in [2.75, 3.05) is 7.11 Å². The van der Waals surface area contributed by atoms with Crippen molar-refractivity contribution < 1.29 is 13.5 Å². The average Bonchev–Trinajstić information content (AvgIpc) is 2.17. The van der Waals surface area contributed by atoms with Crippen LogP contribution < -0.4 is 10.5 Å². The molecule has 5 heteroatoms. The third-order valence-corrected chi connectivity index (χ3v) is 2.50. The Bertz CT molecular complexity index is 355. The third-order valence-electron chi connectivity index (χ3n) is 2.20. The van der Waals surface area contributed by atoms with Crippen molar-refractivity contribution in [3.8, 4) is 5.75 Å². The van der Waals surface area contributed by atoms with Gasteiger partial charge in [0.1, 0.15) is 11.3 Å². The maximum absolute atomic E-state index is 12.7. The highest BCUT2D eigenvalue weighted by atomic mass is 35.5. The second-order valence-corrected chi connectivity index (χ2v) is 3.81. The van der Waals surface area contributed by atoms with Crippen molar-refractivity contribution in [2.24, 2.45) is 5.73 Å². The van der Waals surface area contributed by atoms with Gasteiger partial charge in [-0.25, -0.2) is 8.78 Å². The van der Waals surface area contributed by atoms with Crippen LogP contribution in [0, 0.1) is 0 Å². The summed E-state index contributed by atoms with van der Waals surface area (Å²) in [5, 5.41) is 0.271. The molecular formula is C10H12ClF2NO. The van der Waals surface area contributed by atoms with E-state index in [4.69, 9.17) is 22.1 Å². The van der Waals surface area contributed by atoms with Crippen LogP contribution >= 0.6 is 11.6 Å². The Kier molecular flexibility index (Phi) is 3.52. The van der Waals surface area contributed by atoms with Gasteiger partial charge in [-0.1, -0.05) is 23.7 Å². The van der Waals surface area contributed by atoms with Crippen LogP contribution in [0.2, 0.25) is 5.02 Å². The second-order valence-electron chi connectivity index (χ2n) is 3.40. The lowest BCUT2D eigenvalue weighted by Gasteiger charge is -2.26. The molecule has 1 aromatic carbocycles. The zero-order valence-corrected chi connectivity index (χ0v) is 9.18. The van der Waals surface area contributed by atoms with Gasteiger partial charge in [-0.3, -0.25) is 0 Å². The van der Waals surface area contributed by atoms with Gasteiger partial charge in [0.2, 0.25) is 0 Å². The SMILES string of the molecule is COc1c(Cl)cccc1C(C)(N)C(F)F. The first-order chi connectivity index (χ1) is 6.91. The zero-order chi connectivity index (χ0) is 11.6. The van der Waals surface area contributed by atoms with E-state index in [0.29, 0.717) is 0 Å². The molecule has 15 heavy (non-hydrogen) atoms. The summed E-state index contributed by atoms with van der Waals surface area (Å²) in [4.78, 5) is 0. The van der Waals surface area contributed by atoms with Crippen LogP contribution in [-0.4, -0.2) is 13.5 Å². The van der Waals surface area contributed by atoms with Crippen LogP contribution in [0.15, 0.2) is 18.2 Å². The monoisotopic (exact) mass is 235 g/mol. The lowest BCUT2D eigenvalue weighted by atomic mass is 9.93. The van der Waals surface area contributed by atoms with Crippen molar-refractivity contribution in [2.45, 2.75) is 18.9 Å². The van der Waals surface area contributed by atoms with E-state index in [1.165, 1.54) is 20.1 Å². The molecule has 1 atom stereocenters. The average molecular weight is 236 g/mol. The van der Waals surface area contributed by atoms with E-state index in [-0.39, 0.29) is 16.3 Å². The van der Waals surface area contributed by atoms with Gasteiger partial charge >= 0.3 is 0 Å². The summed E-state index contributed by atoms with van der Waals surface area (Å²) in [5.74, 6) is 0.199. The normalized spacial score (nSPS) is 15.1. The molecule has 1 aromatic rings. The van der Waals surface area contributed by atoms with Crippen LogP contribution in [0.1, 0.15) is 12.5 Å². The molecule has 0 saturated carbocycles. The number of benzene rings is 1. The van der Waals surface area contributed by atoms with Gasteiger partial charge in [-0.05, 0) is 13.0 Å². The van der Waals surface area contributed by atoms with Crippen molar-refractivity contribution in [1.82, 2.24) is 0 Å². The highest BCUT2D eigenvalue weighted by Crippen LogP contribution is 2.36. The third kappa shape index (κ3) is 2.21. The van der Waals surface area contributed by atoms with Crippen LogP contribution in [-0.2, 0) is 5.54 Å². The number of alkyl halides is 2. The summed E-state index contributed by atoms with van der Waals surface area (Å²) in [5.41, 5.74) is 3.97. The number of halogens is 3. The molecule has 0 aliphatic rings. The molecule has 84 valence electrons. The van der Waals surface area contributed by atoms with E-state index >= 15 is 0 Å². The van der Waals surface area contributed by atoms with E-state index in [1.54, 1.807) is 12.1 Å². The lowest BCUT2D eigenvalue weighted by molar-refractivity contribution is 0.0611.